The summed E-state index contributed by atoms with van der Waals surface area (Å²) in [6.07, 6.45) is -0.202. The van der Waals surface area contributed by atoms with E-state index in [9.17, 15) is 24.9 Å². The van der Waals surface area contributed by atoms with E-state index in [2.05, 4.69) is 0 Å². The molecule has 1 unspecified atom stereocenters. The van der Waals surface area contributed by atoms with Crippen LogP contribution in [0.25, 0.3) is 22.3 Å². The Kier molecular flexibility index (Phi) is 5.55. The Morgan fingerprint density at radius 3 is 2.19 bits per heavy atom. The Hall–Kier alpha value is -4.26. The molecule has 3 N–H and O–H groups in total. The maximum atomic E-state index is 12.9. The first-order chi connectivity index (χ1) is 15.4. The second kappa shape index (κ2) is 8.47. The van der Waals surface area contributed by atoms with Crippen LogP contribution >= 0.6 is 0 Å². The molecule has 0 aliphatic carbocycles. The largest absolute Gasteiger partial charge is 0.504 e. The molecule has 32 heavy (non-hydrogen) atoms. The Balaban J connectivity index is 2.09. The molecule has 162 valence electrons. The van der Waals surface area contributed by atoms with Crippen LogP contribution in [0.1, 0.15) is 23.5 Å². The second-order valence-electron chi connectivity index (χ2n) is 7.25. The number of rotatable bonds is 5. The smallest absolute Gasteiger partial charge is 0.306 e. The summed E-state index contributed by atoms with van der Waals surface area (Å²) in [5.74, 6) is -3.52. The highest BCUT2D eigenvalue weighted by Crippen LogP contribution is 2.49. The lowest BCUT2D eigenvalue weighted by Gasteiger charge is -2.21. The summed E-state index contributed by atoms with van der Waals surface area (Å²) in [5, 5.41) is 31.3. The van der Waals surface area contributed by atoms with Crippen LogP contribution in [0.2, 0.25) is 0 Å². The summed E-state index contributed by atoms with van der Waals surface area (Å²) in [4.78, 5) is 25.2. The van der Waals surface area contributed by atoms with E-state index in [-0.39, 0.29) is 28.7 Å². The first-order valence-corrected chi connectivity index (χ1v) is 9.84. The minimum Gasteiger partial charge on any atom is -0.504 e. The van der Waals surface area contributed by atoms with Crippen molar-refractivity contribution in [3.8, 4) is 28.6 Å². The van der Waals surface area contributed by atoms with Gasteiger partial charge < -0.3 is 24.5 Å². The molecule has 4 rings (SSSR count). The van der Waals surface area contributed by atoms with Crippen LogP contribution in [0.15, 0.2) is 75.9 Å². The Labute approximate surface area is 182 Å². The number of esters is 1. The third-order valence-electron chi connectivity index (χ3n) is 5.34. The molecule has 1 aromatic heterocycles. The topological polar surface area (TPSA) is 117 Å². The van der Waals surface area contributed by atoms with Gasteiger partial charge in [0.1, 0.15) is 16.7 Å². The van der Waals surface area contributed by atoms with Gasteiger partial charge in [-0.15, -0.1) is 0 Å². The lowest BCUT2D eigenvalue weighted by Crippen LogP contribution is -2.12. The Bertz CT molecular complexity index is 1340. The maximum Gasteiger partial charge on any atom is 0.306 e. The van der Waals surface area contributed by atoms with Crippen LogP contribution in [-0.2, 0) is 9.53 Å². The van der Waals surface area contributed by atoms with E-state index in [0.717, 1.165) is 0 Å². The summed E-state index contributed by atoms with van der Waals surface area (Å²) in [7, 11) is 1.24. The zero-order valence-electron chi connectivity index (χ0n) is 17.1. The number of fused-ring (bicyclic) bond motifs is 1. The van der Waals surface area contributed by atoms with E-state index in [1.165, 1.54) is 13.2 Å². The predicted molar refractivity (Wildman–Crippen MR) is 118 cm³/mol. The fourth-order valence-corrected chi connectivity index (χ4v) is 3.76. The van der Waals surface area contributed by atoms with Crippen molar-refractivity contribution in [1.82, 2.24) is 0 Å². The van der Waals surface area contributed by atoms with Gasteiger partial charge in [0.15, 0.2) is 16.9 Å². The molecule has 1 atom stereocenters. The minimum atomic E-state index is -0.863. The standard InChI is InChI=1S/C25H20O7/c1-31-19(27)12-16(14-8-4-2-5-9-14)20-22(28)24(30)23(29)21-17(26)13-18(32-25(20)21)15-10-6-3-7-11-15/h2-11,13,16,28-30H,12H2,1H3. The quantitative estimate of drug-likeness (QED) is 0.318. The molecule has 0 amide bonds. The van der Waals surface area contributed by atoms with Crippen molar-refractivity contribution in [2.75, 3.05) is 7.11 Å². The number of phenols is 3. The highest BCUT2D eigenvalue weighted by atomic mass is 16.5. The molecule has 3 aromatic carbocycles. The number of hydrogen-bond donors (Lipinski definition) is 3. The summed E-state index contributed by atoms with van der Waals surface area (Å²) in [6, 6.07) is 18.8. The number of hydrogen-bond acceptors (Lipinski definition) is 7. The summed E-state index contributed by atoms with van der Waals surface area (Å²) >= 11 is 0. The molecular weight excluding hydrogens is 412 g/mol. The molecule has 0 fully saturated rings. The fraction of sp³-hybridized carbons (Fsp3) is 0.120. The van der Waals surface area contributed by atoms with Crippen LogP contribution in [0.4, 0.5) is 0 Å². The van der Waals surface area contributed by atoms with Gasteiger partial charge in [0.05, 0.1) is 13.5 Å². The lowest BCUT2D eigenvalue weighted by atomic mass is 9.86. The van der Waals surface area contributed by atoms with Gasteiger partial charge in [-0.25, -0.2) is 0 Å². The van der Waals surface area contributed by atoms with Gasteiger partial charge in [-0.3, -0.25) is 9.59 Å². The van der Waals surface area contributed by atoms with Crippen molar-refractivity contribution in [1.29, 1.82) is 0 Å². The van der Waals surface area contributed by atoms with Crippen LogP contribution in [0.3, 0.4) is 0 Å². The van der Waals surface area contributed by atoms with E-state index >= 15 is 0 Å². The first kappa shape index (κ1) is 21.0. The molecule has 7 nitrogen and oxygen atoms in total. The molecule has 0 aliphatic heterocycles. The van der Waals surface area contributed by atoms with E-state index < -0.39 is 34.6 Å². The van der Waals surface area contributed by atoms with Crippen molar-refractivity contribution in [2.24, 2.45) is 0 Å². The number of ether oxygens (including phenoxy) is 1. The van der Waals surface area contributed by atoms with Crippen LogP contribution in [0.5, 0.6) is 17.2 Å². The molecule has 0 bridgehead atoms. The second-order valence-corrected chi connectivity index (χ2v) is 7.25. The number of benzene rings is 3. The Morgan fingerprint density at radius 2 is 1.56 bits per heavy atom. The van der Waals surface area contributed by atoms with Gasteiger partial charge in [0, 0.05) is 23.1 Å². The zero-order valence-corrected chi connectivity index (χ0v) is 17.1. The van der Waals surface area contributed by atoms with E-state index in [4.69, 9.17) is 9.15 Å². The van der Waals surface area contributed by atoms with Gasteiger partial charge in [-0.05, 0) is 5.56 Å². The number of methoxy groups -OCH3 is 1. The predicted octanol–water partition coefficient (Wildman–Crippen LogP) is 4.27. The van der Waals surface area contributed by atoms with Gasteiger partial charge >= 0.3 is 5.97 Å². The highest BCUT2D eigenvalue weighted by Gasteiger charge is 2.31. The maximum absolute atomic E-state index is 12.9. The van der Waals surface area contributed by atoms with Gasteiger partial charge in [-0.2, -0.15) is 0 Å². The van der Waals surface area contributed by atoms with Crippen LogP contribution in [-0.4, -0.2) is 28.4 Å². The van der Waals surface area contributed by atoms with Crippen molar-refractivity contribution in [2.45, 2.75) is 12.3 Å². The SMILES string of the molecule is COC(=O)CC(c1ccccc1)c1c(O)c(O)c(O)c2c(=O)cc(-c3ccccc3)oc12. The van der Waals surface area contributed by atoms with E-state index in [0.29, 0.717) is 11.1 Å². The average molecular weight is 432 g/mol. The lowest BCUT2D eigenvalue weighted by molar-refractivity contribution is -0.140. The number of carbonyl (C=O) groups is 1. The van der Waals surface area contributed by atoms with E-state index in [1.54, 1.807) is 54.6 Å². The minimum absolute atomic E-state index is 0.00165. The number of carbonyl (C=O) groups excluding carboxylic acids is 1. The van der Waals surface area contributed by atoms with Crippen LogP contribution < -0.4 is 5.43 Å². The van der Waals surface area contributed by atoms with Gasteiger partial charge in [-0.1, -0.05) is 60.7 Å². The third kappa shape index (κ3) is 3.65. The monoisotopic (exact) mass is 432 g/mol. The molecule has 0 saturated carbocycles. The third-order valence-corrected chi connectivity index (χ3v) is 5.34. The highest BCUT2D eigenvalue weighted by molar-refractivity contribution is 5.93. The molecule has 0 spiro atoms. The Morgan fingerprint density at radius 1 is 0.938 bits per heavy atom. The number of phenolic OH excluding ortho intramolecular Hbond substituents is 3. The summed E-state index contributed by atoms with van der Waals surface area (Å²) in [5.41, 5.74) is 0.494. The normalized spacial score (nSPS) is 11.9. The molecule has 7 heteroatoms. The summed E-state index contributed by atoms with van der Waals surface area (Å²) in [6.45, 7) is 0. The van der Waals surface area contributed by atoms with Crippen molar-refractivity contribution in [3.05, 3.63) is 88.1 Å². The molecule has 0 saturated heterocycles. The van der Waals surface area contributed by atoms with Crippen molar-refractivity contribution >= 4 is 16.9 Å². The van der Waals surface area contributed by atoms with Crippen molar-refractivity contribution in [3.63, 3.8) is 0 Å². The molecule has 0 aliphatic rings. The zero-order chi connectivity index (χ0) is 22.8. The van der Waals surface area contributed by atoms with Gasteiger partial charge in [0.25, 0.3) is 0 Å². The molecule has 0 radical (unpaired) electrons. The first-order valence-electron chi connectivity index (χ1n) is 9.84. The molecule has 1 heterocycles. The van der Waals surface area contributed by atoms with Gasteiger partial charge in [0.2, 0.25) is 5.75 Å². The average Bonchev–Trinajstić information content (AvgIpc) is 2.82. The molecular formula is C25H20O7. The van der Waals surface area contributed by atoms with Crippen molar-refractivity contribution < 1.29 is 29.3 Å². The summed E-state index contributed by atoms with van der Waals surface area (Å²) < 4.78 is 10.8. The van der Waals surface area contributed by atoms with Crippen LogP contribution in [0, 0.1) is 0 Å². The molecule has 4 aromatic rings. The fourth-order valence-electron chi connectivity index (χ4n) is 3.76. The number of aromatic hydroxyl groups is 3. The van der Waals surface area contributed by atoms with E-state index in [1.807, 2.05) is 6.07 Å².